The molecule has 1 heterocycles. The molecule has 2 aliphatic rings. The Morgan fingerprint density at radius 2 is 1.94 bits per heavy atom. The average Bonchev–Trinajstić information content (AvgIpc) is 2.88. The number of piperidine rings is 1. The fraction of sp³-hybridized carbons (Fsp3) is 1.00. The highest BCUT2D eigenvalue weighted by Crippen LogP contribution is 2.51. The molecular formula is C14H28N2O. The Balaban J connectivity index is 1.73. The average molecular weight is 240 g/mol. The molecule has 3 heteroatoms. The van der Waals surface area contributed by atoms with Gasteiger partial charge in [-0.1, -0.05) is 13.8 Å². The van der Waals surface area contributed by atoms with Crippen LogP contribution in [0.5, 0.6) is 0 Å². The Kier molecular flexibility index (Phi) is 4.11. The highest BCUT2D eigenvalue weighted by molar-refractivity contribution is 4.97. The second-order valence-electron chi connectivity index (χ2n) is 6.70. The van der Waals surface area contributed by atoms with E-state index >= 15 is 0 Å². The number of hydrogen-bond donors (Lipinski definition) is 2. The third kappa shape index (κ3) is 3.43. The molecule has 0 radical (unpaired) electrons. The summed E-state index contributed by atoms with van der Waals surface area (Å²) in [6.45, 7) is 10.2. The summed E-state index contributed by atoms with van der Waals surface area (Å²) < 4.78 is 5.43. The van der Waals surface area contributed by atoms with Gasteiger partial charge >= 0.3 is 0 Å². The minimum absolute atomic E-state index is 0.374. The van der Waals surface area contributed by atoms with Gasteiger partial charge in [-0.25, -0.2) is 0 Å². The summed E-state index contributed by atoms with van der Waals surface area (Å²) in [5.74, 6) is 0.892. The summed E-state index contributed by atoms with van der Waals surface area (Å²) >= 11 is 0. The van der Waals surface area contributed by atoms with Crippen LogP contribution in [0.4, 0.5) is 0 Å². The van der Waals surface area contributed by atoms with E-state index in [-0.39, 0.29) is 0 Å². The molecule has 2 fully saturated rings. The minimum atomic E-state index is 0.374. The highest BCUT2D eigenvalue weighted by Gasteiger charge is 2.45. The first-order chi connectivity index (χ1) is 8.08. The van der Waals surface area contributed by atoms with Crippen LogP contribution in [0.1, 0.15) is 33.1 Å². The van der Waals surface area contributed by atoms with Gasteiger partial charge in [-0.3, -0.25) is 0 Å². The van der Waals surface area contributed by atoms with Crippen LogP contribution in [-0.4, -0.2) is 39.9 Å². The lowest BCUT2D eigenvalue weighted by Crippen LogP contribution is -2.46. The Hall–Kier alpha value is -0.120. The van der Waals surface area contributed by atoms with Crippen LogP contribution in [0.15, 0.2) is 0 Å². The van der Waals surface area contributed by atoms with Gasteiger partial charge in [0.15, 0.2) is 0 Å². The normalized spacial score (nSPS) is 30.2. The molecule has 2 N–H and O–H groups in total. The molecule has 1 aliphatic carbocycles. The predicted molar refractivity (Wildman–Crippen MR) is 71.2 cm³/mol. The molecule has 1 aliphatic heterocycles. The van der Waals surface area contributed by atoms with Crippen molar-refractivity contribution < 1.29 is 4.74 Å². The molecule has 0 aromatic heterocycles. The van der Waals surface area contributed by atoms with E-state index in [1.807, 2.05) is 7.11 Å². The number of ether oxygens (including phenoxy) is 1. The maximum atomic E-state index is 5.43. The van der Waals surface area contributed by atoms with Gasteiger partial charge in [-0.2, -0.15) is 0 Å². The third-order valence-corrected chi connectivity index (χ3v) is 4.72. The molecule has 100 valence electrons. The fourth-order valence-corrected chi connectivity index (χ4v) is 3.07. The standard InChI is InChI=1S/C14H28N2O/c1-13(2)8-12(13)9-16-10-14(11-17-3)4-6-15-7-5-14/h12,15-16H,4-11H2,1-3H3. The predicted octanol–water partition coefficient (Wildman–Crippen LogP) is 1.64. The van der Waals surface area contributed by atoms with E-state index < -0.39 is 0 Å². The molecule has 0 aromatic carbocycles. The third-order valence-electron chi connectivity index (χ3n) is 4.72. The van der Waals surface area contributed by atoms with Crippen molar-refractivity contribution in [1.82, 2.24) is 10.6 Å². The summed E-state index contributed by atoms with van der Waals surface area (Å²) in [7, 11) is 1.83. The zero-order valence-electron chi connectivity index (χ0n) is 11.6. The van der Waals surface area contributed by atoms with Gasteiger partial charge < -0.3 is 15.4 Å². The van der Waals surface area contributed by atoms with Crippen molar-refractivity contribution in [2.75, 3.05) is 39.9 Å². The van der Waals surface area contributed by atoms with E-state index in [4.69, 9.17) is 4.74 Å². The van der Waals surface area contributed by atoms with Gasteiger partial charge in [-0.05, 0) is 50.2 Å². The van der Waals surface area contributed by atoms with Crippen molar-refractivity contribution in [2.45, 2.75) is 33.1 Å². The minimum Gasteiger partial charge on any atom is -0.384 e. The summed E-state index contributed by atoms with van der Waals surface area (Å²) in [4.78, 5) is 0. The van der Waals surface area contributed by atoms with Crippen LogP contribution in [-0.2, 0) is 4.74 Å². The van der Waals surface area contributed by atoms with Crippen LogP contribution in [0.2, 0.25) is 0 Å². The monoisotopic (exact) mass is 240 g/mol. The van der Waals surface area contributed by atoms with Gasteiger partial charge in [0, 0.05) is 19.1 Å². The Labute approximate surface area is 106 Å². The van der Waals surface area contributed by atoms with Crippen molar-refractivity contribution in [3.05, 3.63) is 0 Å². The van der Waals surface area contributed by atoms with E-state index in [1.54, 1.807) is 0 Å². The summed E-state index contributed by atoms with van der Waals surface area (Å²) in [6, 6.07) is 0. The molecule has 1 atom stereocenters. The molecule has 1 unspecified atom stereocenters. The van der Waals surface area contributed by atoms with Crippen molar-refractivity contribution in [3.63, 3.8) is 0 Å². The Morgan fingerprint density at radius 3 is 2.47 bits per heavy atom. The van der Waals surface area contributed by atoms with Gasteiger partial charge in [-0.15, -0.1) is 0 Å². The van der Waals surface area contributed by atoms with Crippen molar-refractivity contribution >= 4 is 0 Å². The smallest absolute Gasteiger partial charge is 0.0531 e. The lowest BCUT2D eigenvalue weighted by atomic mass is 9.79. The molecule has 0 amide bonds. The molecule has 0 bridgehead atoms. The number of hydrogen-bond acceptors (Lipinski definition) is 3. The zero-order valence-corrected chi connectivity index (χ0v) is 11.6. The highest BCUT2D eigenvalue weighted by atomic mass is 16.5. The molecule has 17 heavy (non-hydrogen) atoms. The van der Waals surface area contributed by atoms with Gasteiger partial charge in [0.1, 0.15) is 0 Å². The van der Waals surface area contributed by atoms with Gasteiger partial charge in [0.05, 0.1) is 6.61 Å². The largest absolute Gasteiger partial charge is 0.384 e. The van der Waals surface area contributed by atoms with E-state index in [0.717, 1.165) is 32.2 Å². The number of rotatable bonds is 6. The van der Waals surface area contributed by atoms with Crippen LogP contribution in [0, 0.1) is 16.7 Å². The Bertz CT molecular complexity index is 241. The van der Waals surface area contributed by atoms with Gasteiger partial charge in [0.2, 0.25) is 0 Å². The Morgan fingerprint density at radius 1 is 1.29 bits per heavy atom. The van der Waals surface area contributed by atoms with E-state index in [2.05, 4.69) is 24.5 Å². The topological polar surface area (TPSA) is 33.3 Å². The van der Waals surface area contributed by atoms with E-state index in [9.17, 15) is 0 Å². The maximum absolute atomic E-state index is 5.43. The summed E-state index contributed by atoms with van der Waals surface area (Å²) in [5, 5.41) is 7.13. The molecule has 2 rings (SSSR count). The maximum Gasteiger partial charge on any atom is 0.0531 e. The van der Waals surface area contributed by atoms with Crippen LogP contribution in [0.3, 0.4) is 0 Å². The molecule has 3 nitrogen and oxygen atoms in total. The SMILES string of the molecule is COCC1(CNCC2CC2(C)C)CCNCC1. The van der Waals surface area contributed by atoms with Crippen LogP contribution in [0.25, 0.3) is 0 Å². The molecule has 0 spiro atoms. The van der Waals surface area contributed by atoms with Crippen LogP contribution >= 0.6 is 0 Å². The first-order valence-electron chi connectivity index (χ1n) is 6.98. The number of nitrogens with one attached hydrogen (secondary N) is 2. The molecular weight excluding hydrogens is 212 g/mol. The van der Waals surface area contributed by atoms with Crippen molar-refractivity contribution in [2.24, 2.45) is 16.7 Å². The number of methoxy groups -OCH3 is 1. The second-order valence-corrected chi connectivity index (χ2v) is 6.70. The summed E-state index contributed by atoms with van der Waals surface area (Å²) in [5.41, 5.74) is 0.967. The van der Waals surface area contributed by atoms with Gasteiger partial charge in [0.25, 0.3) is 0 Å². The zero-order chi connectivity index (χ0) is 12.4. The van der Waals surface area contributed by atoms with E-state index in [1.165, 1.54) is 25.8 Å². The lowest BCUT2D eigenvalue weighted by Gasteiger charge is -2.37. The molecule has 1 saturated carbocycles. The lowest BCUT2D eigenvalue weighted by molar-refractivity contribution is 0.0534. The van der Waals surface area contributed by atoms with Crippen molar-refractivity contribution in [1.29, 1.82) is 0 Å². The molecule has 0 aromatic rings. The summed E-state index contributed by atoms with van der Waals surface area (Å²) in [6.07, 6.45) is 3.86. The van der Waals surface area contributed by atoms with Crippen molar-refractivity contribution in [3.8, 4) is 0 Å². The second kappa shape index (κ2) is 5.25. The van der Waals surface area contributed by atoms with E-state index in [0.29, 0.717) is 10.8 Å². The molecule has 1 saturated heterocycles. The first-order valence-corrected chi connectivity index (χ1v) is 6.98. The first kappa shape index (κ1) is 13.3. The fourth-order valence-electron chi connectivity index (χ4n) is 3.07. The van der Waals surface area contributed by atoms with Crippen LogP contribution < -0.4 is 10.6 Å². The quantitative estimate of drug-likeness (QED) is 0.740.